The van der Waals surface area contributed by atoms with E-state index in [0.717, 1.165) is 21.9 Å². The lowest BCUT2D eigenvalue weighted by molar-refractivity contribution is 0.0692. The zero-order valence-corrected chi connectivity index (χ0v) is 12.8. The van der Waals surface area contributed by atoms with Crippen LogP contribution in [0.4, 0.5) is 10.1 Å². The van der Waals surface area contributed by atoms with Crippen molar-refractivity contribution in [1.82, 2.24) is 0 Å². The first-order valence-corrected chi connectivity index (χ1v) is 6.89. The molecule has 110 valence electrons. The second-order valence-corrected chi connectivity index (χ2v) is 5.17. The molecule has 21 heavy (non-hydrogen) atoms. The first-order chi connectivity index (χ1) is 10.0. The van der Waals surface area contributed by atoms with Gasteiger partial charge in [-0.25, -0.2) is 9.18 Å². The largest absolute Gasteiger partial charge is 0.497 e. The van der Waals surface area contributed by atoms with Gasteiger partial charge in [0.05, 0.1) is 12.7 Å². The SMILES string of the molecule is COc1ccc(Br)c(CNc2ccc(F)c(C(=O)O)c2)c1. The molecule has 0 atom stereocenters. The van der Waals surface area contributed by atoms with Crippen LogP contribution in [-0.2, 0) is 6.54 Å². The summed E-state index contributed by atoms with van der Waals surface area (Å²) in [5.74, 6) is -1.32. The van der Waals surface area contributed by atoms with E-state index in [1.54, 1.807) is 7.11 Å². The van der Waals surface area contributed by atoms with Crippen molar-refractivity contribution in [3.05, 3.63) is 57.8 Å². The predicted octanol–water partition coefficient (Wildman–Crippen LogP) is 3.91. The third-order valence-corrected chi connectivity index (χ3v) is 3.71. The summed E-state index contributed by atoms with van der Waals surface area (Å²) in [6.07, 6.45) is 0. The van der Waals surface area contributed by atoms with Crippen molar-refractivity contribution in [1.29, 1.82) is 0 Å². The number of benzene rings is 2. The van der Waals surface area contributed by atoms with Gasteiger partial charge in [-0.2, -0.15) is 0 Å². The number of ether oxygens (including phenoxy) is 1. The molecule has 0 aromatic heterocycles. The molecule has 0 aliphatic rings. The zero-order chi connectivity index (χ0) is 15.4. The molecule has 0 fully saturated rings. The van der Waals surface area contributed by atoms with Crippen LogP contribution >= 0.6 is 15.9 Å². The van der Waals surface area contributed by atoms with E-state index in [1.807, 2.05) is 18.2 Å². The van der Waals surface area contributed by atoms with Crippen molar-refractivity contribution in [3.63, 3.8) is 0 Å². The van der Waals surface area contributed by atoms with Crippen LogP contribution < -0.4 is 10.1 Å². The molecule has 2 aromatic rings. The van der Waals surface area contributed by atoms with Gasteiger partial charge in [-0.15, -0.1) is 0 Å². The second-order valence-electron chi connectivity index (χ2n) is 4.31. The van der Waals surface area contributed by atoms with Gasteiger partial charge in [0.1, 0.15) is 11.6 Å². The topological polar surface area (TPSA) is 58.6 Å². The Morgan fingerprint density at radius 2 is 2.10 bits per heavy atom. The van der Waals surface area contributed by atoms with Crippen LogP contribution in [0.25, 0.3) is 0 Å². The highest BCUT2D eigenvalue weighted by atomic mass is 79.9. The Balaban J connectivity index is 2.16. The molecule has 0 aliphatic carbocycles. The summed E-state index contributed by atoms with van der Waals surface area (Å²) >= 11 is 3.43. The predicted molar refractivity (Wildman–Crippen MR) is 81.4 cm³/mol. The van der Waals surface area contributed by atoms with Gasteiger partial charge in [0.2, 0.25) is 0 Å². The maximum absolute atomic E-state index is 13.3. The Hall–Kier alpha value is -2.08. The van der Waals surface area contributed by atoms with Crippen LogP contribution in [0.2, 0.25) is 0 Å². The van der Waals surface area contributed by atoms with Crippen molar-refractivity contribution in [2.24, 2.45) is 0 Å². The second kappa shape index (κ2) is 6.58. The van der Waals surface area contributed by atoms with Gasteiger partial charge >= 0.3 is 5.97 Å². The van der Waals surface area contributed by atoms with Crippen LogP contribution in [0.1, 0.15) is 15.9 Å². The molecule has 2 N–H and O–H groups in total. The molecule has 0 aliphatic heterocycles. The van der Waals surface area contributed by atoms with Gasteiger partial charge in [0.25, 0.3) is 0 Å². The Kier molecular flexibility index (Phi) is 4.80. The fourth-order valence-electron chi connectivity index (χ4n) is 1.81. The molecular weight excluding hydrogens is 341 g/mol. The normalized spacial score (nSPS) is 10.2. The number of carboxylic acid groups (broad SMARTS) is 1. The molecule has 0 spiro atoms. The molecule has 0 saturated heterocycles. The lowest BCUT2D eigenvalue weighted by Gasteiger charge is -2.10. The molecule has 0 saturated carbocycles. The summed E-state index contributed by atoms with van der Waals surface area (Å²) in [5.41, 5.74) is 1.11. The van der Waals surface area contributed by atoms with E-state index in [9.17, 15) is 9.18 Å². The summed E-state index contributed by atoms with van der Waals surface area (Å²) in [4.78, 5) is 10.9. The average Bonchev–Trinajstić information content (AvgIpc) is 2.47. The van der Waals surface area contributed by atoms with E-state index in [-0.39, 0.29) is 5.56 Å². The first kappa shape index (κ1) is 15.3. The molecule has 0 heterocycles. The zero-order valence-electron chi connectivity index (χ0n) is 11.2. The Labute approximate surface area is 129 Å². The summed E-state index contributed by atoms with van der Waals surface area (Å²) in [7, 11) is 1.58. The average molecular weight is 354 g/mol. The molecule has 0 amide bonds. The van der Waals surface area contributed by atoms with Crippen molar-refractivity contribution < 1.29 is 19.0 Å². The third-order valence-electron chi connectivity index (χ3n) is 2.93. The molecule has 0 radical (unpaired) electrons. The first-order valence-electron chi connectivity index (χ1n) is 6.10. The molecule has 0 unspecified atom stereocenters. The Bertz CT molecular complexity index is 676. The van der Waals surface area contributed by atoms with Crippen molar-refractivity contribution >= 4 is 27.6 Å². The van der Waals surface area contributed by atoms with Gasteiger partial charge in [-0.1, -0.05) is 15.9 Å². The Morgan fingerprint density at radius 1 is 1.33 bits per heavy atom. The van der Waals surface area contributed by atoms with E-state index in [2.05, 4.69) is 21.2 Å². The van der Waals surface area contributed by atoms with Crippen LogP contribution in [0.3, 0.4) is 0 Å². The number of carboxylic acids is 1. The van der Waals surface area contributed by atoms with Crippen molar-refractivity contribution in [2.45, 2.75) is 6.54 Å². The number of aromatic carboxylic acids is 1. The van der Waals surface area contributed by atoms with Crippen LogP contribution in [-0.4, -0.2) is 18.2 Å². The number of carbonyl (C=O) groups is 1. The quantitative estimate of drug-likeness (QED) is 0.855. The van der Waals surface area contributed by atoms with E-state index in [1.165, 1.54) is 12.1 Å². The molecule has 6 heteroatoms. The minimum Gasteiger partial charge on any atom is -0.497 e. The van der Waals surface area contributed by atoms with E-state index >= 15 is 0 Å². The van der Waals surface area contributed by atoms with Crippen molar-refractivity contribution in [3.8, 4) is 5.75 Å². The number of anilines is 1. The minimum absolute atomic E-state index is 0.357. The Morgan fingerprint density at radius 3 is 2.76 bits per heavy atom. The molecule has 2 aromatic carbocycles. The monoisotopic (exact) mass is 353 g/mol. The van der Waals surface area contributed by atoms with Gasteiger partial charge in [-0.05, 0) is 42.0 Å². The highest BCUT2D eigenvalue weighted by Gasteiger charge is 2.11. The third kappa shape index (κ3) is 3.72. The van der Waals surface area contributed by atoms with E-state index in [0.29, 0.717) is 12.2 Å². The fraction of sp³-hybridized carbons (Fsp3) is 0.133. The molecule has 2 rings (SSSR count). The van der Waals surface area contributed by atoms with Gasteiger partial charge < -0.3 is 15.2 Å². The van der Waals surface area contributed by atoms with Crippen LogP contribution in [0.5, 0.6) is 5.75 Å². The fourth-order valence-corrected chi connectivity index (χ4v) is 2.20. The van der Waals surface area contributed by atoms with E-state index < -0.39 is 11.8 Å². The van der Waals surface area contributed by atoms with Crippen LogP contribution in [0, 0.1) is 5.82 Å². The summed E-state index contributed by atoms with van der Waals surface area (Å²) in [6.45, 7) is 0.447. The maximum Gasteiger partial charge on any atom is 0.338 e. The van der Waals surface area contributed by atoms with E-state index in [4.69, 9.17) is 9.84 Å². The highest BCUT2D eigenvalue weighted by Crippen LogP contribution is 2.24. The van der Waals surface area contributed by atoms with Gasteiger partial charge in [-0.3, -0.25) is 0 Å². The number of hydrogen-bond acceptors (Lipinski definition) is 3. The lowest BCUT2D eigenvalue weighted by Crippen LogP contribution is -2.05. The smallest absolute Gasteiger partial charge is 0.338 e. The maximum atomic E-state index is 13.3. The summed E-state index contributed by atoms with van der Waals surface area (Å²) < 4.78 is 19.4. The minimum atomic E-state index is -1.29. The van der Waals surface area contributed by atoms with Gasteiger partial charge in [0.15, 0.2) is 0 Å². The lowest BCUT2D eigenvalue weighted by atomic mass is 10.1. The van der Waals surface area contributed by atoms with Crippen molar-refractivity contribution in [2.75, 3.05) is 12.4 Å². The molecule has 0 bridgehead atoms. The summed E-state index contributed by atoms with van der Waals surface area (Å²) in [6, 6.07) is 9.45. The molecule has 4 nitrogen and oxygen atoms in total. The number of nitrogens with one attached hydrogen (secondary N) is 1. The number of hydrogen-bond donors (Lipinski definition) is 2. The van der Waals surface area contributed by atoms with Crippen LogP contribution in [0.15, 0.2) is 40.9 Å². The van der Waals surface area contributed by atoms with Gasteiger partial charge in [0, 0.05) is 16.7 Å². The molecular formula is C15H13BrFNO3. The number of halogens is 2. The highest BCUT2D eigenvalue weighted by molar-refractivity contribution is 9.10. The summed E-state index contributed by atoms with van der Waals surface area (Å²) in [5, 5.41) is 12.0. The number of rotatable bonds is 5. The standard InChI is InChI=1S/C15H13BrFNO3/c1-21-11-3-4-13(16)9(6-11)8-18-10-2-5-14(17)12(7-10)15(19)20/h2-7,18H,8H2,1H3,(H,19,20). The number of methoxy groups -OCH3 is 1.